The molecule has 1 unspecified atom stereocenters. The summed E-state index contributed by atoms with van der Waals surface area (Å²) in [6.45, 7) is 2.30. The first-order valence-corrected chi connectivity index (χ1v) is 6.89. The van der Waals surface area contributed by atoms with Crippen LogP contribution in [0, 0.1) is 17.0 Å². The van der Waals surface area contributed by atoms with Gasteiger partial charge in [-0.1, -0.05) is 0 Å². The van der Waals surface area contributed by atoms with Gasteiger partial charge in [0.05, 0.1) is 4.92 Å². The Morgan fingerprint density at radius 2 is 2.24 bits per heavy atom. The second-order valence-corrected chi connectivity index (χ2v) is 5.19. The van der Waals surface area contributed by atoms with Gasteiger partial charge in [-0.05, 0) is 19.4 Å². The van der Waals surface area contributed by atoms with Crippen molar-refractivity contribution in [2.24, 2.45) is 0 Å². The molecule has 0 saturated heterocycles. The molecule has 94 valence electrons. The second kappa shape index (κ2) is 6.29. The summed E-state index contributed by atoms with van der Waals surface area (Å²) in [6.07, 6.45) is 2.32. The van der Waals surface area contributed by atoms with Crippen LogP contribution in [0.5, 0.6) is 0 Å². The summed E-state index contributed by atoms with van der Waals surface area (Å²) >= 11 is 0. The van der Waals surface area contributed by atoms with Crippen LogP contribution in [-0.2, 0) is 10.8 Å². The maximum atomic E-state index is 10.8. The fraction of sp³-hybridized carbons (Fsp3) is 0.500. The van der Waals surface area contributed by atoms with Crippen molar-refractivity contribution >= 4 is 22.3 Å². The van der Waals surface area contributed by atoms with E-state index in [9.17, 15) is 14.3 Å². The molecule has 0 spiro atoms. The van der Waals surface area contributed by atoms with E-state index in [0.29, 0.717) is 18.7 Å². The number of hydrogen-bond donors (Lipinski definition) is 1. The Hall–Kier alpha value is -1.50. The fourth-order valence-corrected chi connectivity index (χ4v) is 1.86. The molecule has 7 heteroatoms. The van der Waals surface area contributed by atoms with Gasteiger partial charge in [-0.2, -0.15) is 0 Å². The smallest absolute Gasteiger partial charge is 0.311 e. The first kappa shape index (κ1) is 13.6. The zero-order chi connectivity index (χ0) is 12.8. The van der Waals surface area contributed by atoms with E-state index in [1.165, 1.54) is 6.07 Å². The maximum Gasteiger partial charge on any atom is 0.311 e. The number of nitro groups is 1. The Bertz CT molecular complexity index is 437. The lowest BCUT2D eigenvalue weighted by Crippen LogP contribution is -2.09. The van der Waals surface area contributed by atoms with Crippen molar-refractivity contribution in [3.05, 3.63) is 27.9 Å². The van der Waals surface area contributed by atoms with E-state index in [1.54, 1.807) is 19.2 Å². The van der Waals surface area contributed by atoms with Gasteiger partial charge in [-0.3, -0.25) is 14.3 Å². The lowest BCUT2D eigenvalue weighted by atomic mass is 10.3. The molecule has 0 radical (unpaired) electrons. The number of nitrogens with zero attached hydrogens (tertiary/aromatic N) is 2. The average molecular weight is 257 g/mol. The third kappa shape index (κ3) is 4.48. The average Bonchev–Trinajstić information content (AvgIpc) is 2.23. The van der Waals surface area contributed by atoms with Gasteiger partial charge in [-0.15, -0.1) is 0 Å². The predicted molar refractivity (Wildman–Crippen MR) is 67.7 cm³/mol. The molecule has 6 nitrogen and oxygen atoms in total. The van der Waals surface area contributed by atoms with Crippen LogP contribution in [0.25, 0.3) is 0 Å². The van der Waals surface area contributed by atoms with Crippen molar-refractivity contribution in [2.75, 3.05) is 23.9 Å². The van der Waals surface area contributed by atoms with Crippen LogP contribution in [0.4, 0.5) is 11.5 Å². The molecule has 1 N–H and O–H groups in total. The van der Waals surface area contributed by atoms with E-state index in [0.717, 1.165) is 5.69 Å². The van der Waals surface area contributed by atoms with Crippen LogP contribution in [0.3, 0.4) is 0 Å². The van der Waals surface area contributed by atoms with Crippen molar-refractivity contribution in [2.45, 2.75) is 13.3 Å². The van der Waals surface area contributed by atoms with Gasteiger partial charge < -0.3 is 5.32 Å². The van der Waals surface area contributed by atoms with E-state index >= 15 is 0 Å². The molecule has 0 aliphatic heterocycles. The standard InChI is InChI=1S/C10H15N3O3S/c1-8-4-5-9(13(14)15)10(12-8)11-6-3-7-17(2)16/h4-5H,3,6-7H2,1-2H3,(H,11,12). The van der Waals surface area contributed by atoms with E-state index in [2.05, 4.69) is 10.3 Å². The van der Waals surface area contributed by atoms with Crippen molar-refractivity contribution in [1.29, 1.82) is 0 Å². The summed E-state index contributed by atoms with van der Waals surface area (Å²) in [5.74, 6) is 0.851. The Kier molecular flexibility index (Phi) is 5.02. The number of anilines is 1. The fourth-order valence-electron chi connectivity index (χ4n) is 1.31. The third-order valence-corrected chi connectivity index (χ3v) is 2.97. The van der Waals surface area contributed by atoms with Gasteiger partial charge >= 0.3 is 5.69 Å². The molecule has 0 aromatic carbocycles. The minimum Gasteiger partial charge on any atom is -0.364 e. The van der Waals surface area contributed by atoms with Gasteiger partial charge in [0.15, 0.2) is 0 Å². The molecule has 1 atom stereocenters. The van der Waals surface area contributed by atoms with Crippen LogP contribution in [0.2, 0.25) is 0 Å². The normalized spacial score (nSPS) is 12.1. The Labute approximate surface area is 102 Å². The highest BCUT2D eigenvalue weighted by Crippen LogP contribution is 2.21. The molecule has 1 aromatic heterocycles. The van der Waals surface area contributed by atoms with Crippen LogP contribution < -0.4 is 5.32 Å². The summed E-state index contributed by atoms with van der Waals surface area (Å²) in [7, 11) is -0.836. The Morgan fingerprint density at radius 1 is 1.53 bits per heavy atom. The minimum absolute atomic E-state index is 0.0341. The van der Waals surface area contributed by atoms with Crippen LogP contribution >= 0.6 is 0 Å². The summed E-state index contributed by atoms with van der Waals surface area (Å²) in [5, 5.41) is 13.7. The molecule has 0 fully saturated rings. The first-order chi connectivity index (χ1) is 8.00. The minimum atomic E-state index is -0.836. The topological polar surface area (TPSA) is 85.1 Å². The Balaban J connectivity index is 2.65. The molecule has 1 heterocycles. The first-order valence-electron chi connectivity index (χ1n) is 5.16. The van der Waals surface area contributed by atoms with Crippen LogP contribution in [-0.4, -0.2) is 32.7 Å². The van der Waals surface area contributed by atoms with Crippen molar-refractivity contribution in [3.8, 4) is 0 Å². The van der Waals surface area contributed by atoms with Crippen LogP contribution in [0.15, 0.2) is 12.1 Å². The molecule has 0 aliphatic rings. The predicted octanol–water partition coefficient (Wildman–Crippen LogP) is 1.48. The van der Waals surface area contributed by atoms with E-state index in [-0.39, 0.29) is 11.5 Å². The molecule has 1 rings (SSSR count). The zero-order valence-electron chi connectivity index (χ0n) is 9.80. The van der Waals surface area contributed by atoms with Crippen LogP contribution in [0.1, 0.15) is 12.1 Å². The quantitative estimate of drug-likeness (QED) is 0.474. The number of hydrogen-bond acceptors (Lipinski definition) is 5. The monoisotopic (exact) mass is 257 g/mol. The summed E-state index contributed by atoms with van der Waals surface area (Å²) < 4.78 is 10.8. The highest BCUT2D eigenvalue weighted by Gasteiger charge is 2.14. The van der Waals surface area contributed by atoms with Crippen molar-refractivity contribution in [1.82, 2.24) is 4.98 Å². The van der Waals surface area contributed by atoms with E-state index in [4.69, 9.17) is 0 Å². The van der Waals surface area contributed by atoms with Gasteiger partial charge in [0.2, 0.25) is 5.82 Å². The highest BCUT2D eigenvalue weighted by molar-refractivity contribution is 7.84. The molecule has 0 saturated carbocycles. The second-order valence-electron chi connectivity index (χ2n) is 3.64. The molecule has 0 amide bonds. The number of pyridine rings is 1. The molecular weight excluding hydrogens is 242 g/mol. The molecule has 1 aromatic rings. The number of aromatic nitrogens is 1. The maximum absolute atomic E-state index is 10.8. The van der Waals surface area contributed by atoms with E-state index < -0.39 is 15.7 Å². The van der Waals surface area contributed by atoms with Crippen molar-refractivity contribution < 1.29 is 9.13 Å². The van der Waals surface area contributed by atoms with E-state index in [1.807, 2.05) is 0 Å². The van der Waals surface area contributed by atoms with Gasteiger partial charge in [0, 0.05) is 41.1 Å². The highest BCUT2D eigenvalue weighted by atomic mass is 32.2. The number of rotatable bonds is 6. The summed E-state index contributed by atoms with van der Waals surface area (Å²) in [4.78, 5) is 14.4. The summed E-state index contributed by atoms with van der Waals surface area (Å²) in [6, 6.07) is 3.03. The van der Waals surface area contributed by atoms with Gasteiger partial charge in [0.1, 0.15) is 0 Å². The number of nitrogens with one attached hydrogen (secondary N) is 1. The SMILES string of the molecule is Cc1ccc([N+](=O)[O-])c(NCCCS(C)=O)n1. The Morgan fingerprint density at radius 3 is 2.82 bits per heavy atom. The molecule has 17 heavy (non-hydrogen) atoms. The van der Waals surface area contributed by atoms with Crippen molar-refractivity contribution in [3.63, 3.8) is 0 Å². The van der Waals surface area contributed by atoms with Gasteiger partial charge in [-0.25, -0.2) is 4.98 Å². The van der Waals surface area contributed by atoms with Gasteiger partial charge in [0.25, 0.3) is 0 Å². The lowest BCUT2D eigenvalue weighted by Gasteiger charge is -2.06. The number of aryl methyl sites for hydroxylation is 1. The third-order valence-electron chi connectivity index (χ3n) is 2.11. The summed E-state index contributed by atoms with van der Waals surface area (Å²) in [5.41, 5.74) is 0.686. The molecular formula is C10H15N3O3S. The molecule has 0 bridgehead atoms. The lowest BCUT2D eigenvalue weighted by molar-refractivity contribution is -0.384. The largest absolute Gasteiger partial charge is 0.364 e. The molecule has 0 aliphatic carbocycles. The zero-order valence-corrected chi connectivity index (χ0v) is 10.6.